The number of amides is 1. The van der Waals surface area contributed by atoms with Crippen LogP contribution >= 0.6 is 23.4 Å². The molecule has 0 spiro atoms. The number of benzene rings is 1. The maximum atomic E-state index is 12.7. The van der Waals surface area contributed by atoms with Crippen LogP contribution in [0.5, 0.6) is 0 Å². The number of thioether (sulfide) groups is 1. The number of hydrogen-bond donors (Lipinski definition) is 0. The van der Waals surface area contributed by atoms with Gasteiger partial charge < -0.3 is 9.47 Å². The van der Waals surface area contributed by atoms with Gasteiger partial charge in [-0.15, -0.1) is 23.4 Å². The zero-order valence-electron chi connectivity index (χ0n) is 11.8. The molecule has 110 valence electrons. The van der Waals surface area contributed by atoms with E-state index < -0.39 is 5.38 Å². The fraction of sp³-hybridized carbons (Fsp3) is 0.312. The topological polar surface area (TPSA) is 25.2 Å². The van der Waals surface area contributed by atoms with E-state index in [1.165, 1.54) is 0 Å². The number of hydrogen-bond acceptors (Lipinski definition) is 2. The van der Waals surface area contributed by atoms with Crippen molar-refractivity contribution >= 4 is 29.3 Å². The molecule has 0 unspecified atom stereocenters. The number of halogens is 1. The third-order valence-electron chi connectivity index (χ3n) is 3.72. The Morgan fingerprint density at radius 3 is 2.71 bits per heavy atom. The summed E-state index contributed by atoms with van der Waals surface area (Å²) in [5, 5.41) is -0.560. The van der Waals surface area contributed by atoms with Crippen LogP contribution in [0.4, 0.5) is 0 Å². The molecule has 2 heterocycles. The minimum Gasteiger partial charge on any atom is -0.352 e. The van der Waals surface area contributed by atoms with Crippen LogP contribution in [0, 0.1) is 0 Å². The molecule has 3 nitrogen and oxygen atoms in total. The smallest absolute Gasteiger partial charge is 0.246 e. The SMILES string of the molecule is Cn1cccc1[C@@H]1SCCN1C(=O)[C@@H](Cl)c1ccccc1. The van der Waals surface area contributed by atoms with E-state index in [1.807, 2.05) is 54.5 Å². The van der Waals surface area contributed by atoms with E-state index >= 15 is 0 Å². The molecule has 0 aliphatic carbocycles. The van der Waals surface area contributed by atoms with Crippen LogP contribution in [0.15, 0.2) is 48.7 Å². The van der Waals surface area contributed by atoms with E-state index in [4.69, 9.17) is 11.6 Å². The van der Waals surface area contributed by atoms with Gasteiger partial charge >= 0.3 is 0 Å². The number of carbonyl (C=O) groups excluding carboxylic acids is 1. The highest BCUT2D eigenvalue weighted by atomic mass is 35.5. The Hall–Kier alpha value is -1.39. The van der Waals surface area contributed by atoms with Gasteiger partial charge in [0.15, 0.2) is 0 Å². The van der Waals surface area contributed by atoms with E-state index in [0.29, 0.717) is 0 Å². The molecule has 1 aromatic heterocycles. The largest absolute Gasteiger partial charge is 0.352 e. The highest BCUT2D eigenvalue weighted by molar-refractivity contribution is 7.99. The molecule has 1 aliphatic heterocycles. The summed E-state index contributed by atoms with van der Waals surface area (Å²) in [5.41, 5.74) is 1.99. The lowest BCUT2D eigenvalue weighted by Gasteiger charge is -2.26. The Bertz CT molecular complexity index is 628. The first kappa shape index (κ1) is 14.5. The van der Waals surface area contributed by atoms with Crippen LogP contribution in [0.3, 0.4) is 0 Å². The molecular formula is C16H17ClN2OS. The summed E-state index contributed by atoms with van der Waals surface area (Å²) >= 11 is 8.18. The van der Waals surface area contributed by atoms with Crippen LogP contribution in [0.25, 0.3) is 0 Å². The highest BCUT2D eigenvalue weighted by Crippen LogP contribution is 2.40. The second kappa shape index (κ2) is 6.16. The van der Waals surface area contributed by atoms with E-state index in [2.05, 4.69) is 10.6 Å². The molecule has 21 heavy (non-hydrogen) atoms. The lowest BCUT2D eigenvalue weighted by molar-refractivity contribution is -0.131. The third kappa shape index (κ3) is 2.83. The Morgan fingerprint density at radius 1 is 1.29 bits per heavy atom. The summed E-state index contributed by atoms with van der Waals surface area (Å²) in [6.45, 7) is 0.745. The number of aromatic nitrogens is 1. The van der Waals surface area contributed by atoms with Gasteiger partial charge in [0.25, 0.3) is 0 Å². The lowest BCUT2D eigenvalue weighted by atomic mass is 10.1. The maximum absolute atomic E-state index is 12.7. The van der Waals surface area contributed by atoms with Crippen LogP contribution in [0.2, 0.25) is 0 Å². The van der Waals surface area contributed by atoms with Crippen molar-refractivity contribution in [2.24, 2.45) is 7.05 Å². The third-order valence-corrected chi connectivity index (χ3v) is 5.39. The van der Waals surface area contributed by atoms with E-state index in [0.717, 1.165) is 23.6 Å². The van der Waals surface area contributed by atoms with Gasteiger partial charge in [-0.05, 0) is 17.7 Å². The molecule has 1 saturated heterocycles. The van der Waals surface area contributed by atoms with Gasteiger partial charge in [-0.1, -0.05) is 30.3 Å². The summed E-state index contributed by atoms with van der Waals surface area (Å²) in [6, 6.07) is 13.6. The van der Waals surface area contributed by atoms with Crippen molar-refractivity contribution in [3.8, 4) is 0 Å². The number of carbonyl (C=O) groups is 1. The van der Waals surface area contributed by atoms with E-state index in [9.17, 15) is 4.79 Å². The molecular weight excluding hydrogens is 304 g/mol. The van der Waals surface area contributed by atoms with Crippen molar-refractivity contribution in [3.05, 3.63) is 59.9 Å². The maximum Gasteiger partial charge on any atom is 0.246 e. The molecule has 0 radical (unpaired) electrons. The molecule has 2 aromatic rings. The Labute approximate surface area is 133 Å². The van der Waals surface area contributed by atoms with Gasteiger partial charge in [-0.2, -0.15) is 0 Å². The zero-order valence-corrected chi connectivity index (χ0v) is 13.3. The average molecular weight is 321 g/mol. The van der Waals surface area contributed by atoms with Crippen LogP contribution in [-0.4, -0.2) is 27.7 Å². The number of nitrogens with zero attached hydrogens (tertiary/aromatic N) is 2. The van der Waals surface area contributed by atoms with Gasteiger partial charge in [0, 0.05) is 25.5 Å². The van der Waals surface area contributed by atoms with Gasteiger partial charge in [0.1, 0.15) is 10.8 Å². The van der Waals surface area contributed by atoms with Crippen LogP contribution < -0.4 is 0 Å². The van der Waals surface area contributed by atoms with Crippen molar-refractivity contribution in [2.75, 3.05) is 12.3 Å². The summed E-state index contributed by atoms with van der Waals surface area (Å²) in [5.74, 6) is 0.930. The Kier molecular flexibility index (Phi) is 4.27. The molecule has 5 heteroatoms. The summed E-state index contributed by atoms with van der Waals surface area (Å²) in [4.78, 5) is 14.6. The minimum atomic E-state index is -0.618. The predicted molar refractivity (Wildman–Crippen MR) is 87.4 cm³/mol. The van der Waals surface area contributed by atoms with E-state index in [1.54, 1.807) is 11.8 Å². The monoisotopic (exact) mass is 320 g/mol. The minimum absolute atomic E-state index is 0.0148. The van der Waals surface area contributed by atoms with Crippen molar-refractivity contribution in [1.82, 2.24) is 9.47 Å². The fourth-order valence-electron chi connectivity index (χ4n) is 2.58. The van der Waals surface area contributed by atoms with Gasteiger partial charge in [0.2, 0.25) is 5.91 Å². The highest BCUT2D eigenvalue weighted by Gasteiger charge is 2.35. The van der Waals surface area contributed by atoms with Gasteiger partial charge in [0.05, 0.1) is 5.69 Å². The van der Waals surface area contributed by atoms with Crippen molar-refractivity contribution in [1.29, 1.82) is 0 Å². The molecule has 1 aromatic carbocycles. The molecule has 1 fully saturated rings. The quantitative estimate of drug-likeness (QED) is 0.808. The van der Waals surface area contributed by atoms with Crippen LogP contribution in [0.1, 0.15) is 22.0 Å². The first-order valence-electron chi connectivity index (χ1n) is 6.91. The van der Waals surface area contributed by atoms with Gasteiger partial charge in [-0.25, -0.2) is 0 Å². The molecule has 3 rings (SSSR count). The van der Waals surface area contributed by atoms with Crippen molar-refractivity contribution < 1.29 is 4.79 Å². The van der Waals surface area contributed by atoms with Crippen molar-refractivity contribution in [3.63, 3.8) is 0 Å². The van der Waals surface area contributed by atoms with Gasteiger partial charge in [-0.3, -0.25) is 4.79 Å². The van der Waals surface area contributed by atoms with E-state index in [-0.39, 0.29) is 11.3 Å². The Balaban J connectivity index is 1.82. The van der Waals surface area contributed by atoms with Crippen molar-refractivity contribution in [2.45, 2.75) is 10.8 Å². The molecule has 0 saturated carbocycles. The normalized spacial score (nSPS) is 19.7. The molecule has 0 bridgehead atoms. The lowest BCUT2D eigenvalue weighted by Crippen LogP contribution is -2.33. The second-order valence-electron chi connectivity index (χ2n) is 5.07. The standard InChI is InChI=1S/C16H17ClN2OS/c1-18-9-5-8-13(18)16-19(10-11-21-16)15(20)14(17)12-6-3-2-4-7-12/h2-9,14,16H,10-11H2,1H3/t14-,16-/m0/s1. The predicted octanol–water partition coefficient (Wildman–Crippen LogP) is 3.58. The molecule has 1 amide bonds. The first-order valence-corrected chi connectivity index (χ1v) is 8.39. The summed E-state index contributed by atoms with van der Waals surface area (Å²) in [6.07, 6.45) is 2.01. The fourth-order valence-corrected chi connectivity index (χ4v) is 4.18. The zero-order chi connectivity index (χ0) is 14.8. The van der Waals surface area contributed by atoms with Crippen LogP contribution in [-0.2, 0) is 11.8 Å². The number of aryl methyl sites for hydroxylation is 1. The average Bonchev–Trinajstić information content (AvgIpc) is 3.14. The second-order valence-corrected chi connectivity index (χ2v) is 6.70. The number of alkyl halides is 1. The molecule has 2 atom stereocenters. The summed E-state index contributed by atoms with van der Waals surface area (Å²) in [7, 11) is 2.01. The number of rotatable bonds is 3. The summed E-state index contributed by atoms with van der Waals surface area (Å²) < 4.78 is 2.06. The molecule has 1 aliphatic rings. The molecule has 0 N–H and O–H groups in total. The first-order chi connectivity index (χ1) is 10.2. The Morgan fingerprint density at radius 2 is 2.05 bits per heavy atom.